The third-order valence-corrected chi connectivity index (χ3v) is 5.47. The second-order valence-electron chi connectivity index (χ2n) is 7.33. The molecule has 0 aromatic carbocycles. The van der Waals surface area contributed by atoms with Gasteiger partial charge >= 0.3 is 0 Å². The molecule has 0 saturated carbocycles. The van der Waals surface area contributed by atoms with Gasteiger partial charge in [0.05, 0.1) is 12.5 Å². The van der Waals surface area contributed by atoms with Crippen molar-refractivity contribution in [3.8, 4) is 0 Å². The molecule has 1 aromatic rings. The summed E-state index contributed by atoms with van der Waals surface area (Å²) in [4.78, 5) is 26.1. The standard InChI is InChI=1S/C19H31N5O2/c1-15-5-8-21-19(22-15)23-11-6-17(7-12-23)24-10-3-4-16(14-24)18(25)20-9-13-26-2/h5,8,16-17H,3-4,6-7,9-14H2,1-2H3,(H,20,25). The molecule has 1 N–H and O–H groups in total. The Balaban J connectivity index is 1.48. The predicted molar refractivity (Wildman–Crippen MR) is 101 cm³/mol. The van der Waals surface area contributed by atoms with Crippen molar-refractivity contribution in [2.75, 3.05) is 51.3 Å². The van der Waals surface area contributed by atoms with E-state index in [4.69, 9.17) is 4.74 Å². The van der Waals surface area contributed by atoms with Crippen LogP contribution in [-0.4, -0.2) is 73.3 Å². The van der Waals surface area contributed by atoms with Crippen LogP contribution in [0.25, 0.3) is 0 Å². The van der Waals surface area contributed by atoms with Gasteiger partial charge in [0.1, 0.15) is 0 Å². The van der Waals surface area contributed by atoms with E-state index in [9.17, 15) is 4.79 Å². The number of hydrogen-bond donors (Lipinski definition) is 1. The molecule has 2 saturated heterocycles. The number of nitrogens with one attached hydrogen (secondary N) is 1. The van der Waals surface area contributed by atoms with Gasteiger partial charge in [-0.2, -0.15) is 0 Å². The minimum atomic E-state index is 0.110. The van der Waals surface area contributed by atoms with Crippen LogP contribution in [0.4, 0.5) is 5.95 Å². The fourth-order valence-corrected chi connectivity index (χ4v) is 3.99. The number of methoxy groups -OCH3 is 1. The van der Waals surface area contributed by atoms with Crippen LogP contribution in [0.1, 0.15) is 31.4 Å². The molecule has 0 spiro atoms. The van der Waals surface area contributed by atoms with Gasteiger partial charge in [-0.05, 0) is 45.2 Å². The van der Waals surface area contributed by atoms with E-state index in [2.05, 4.69) is 25.1 Å². The zero-order chi connectivity index (χ0) is 18.4. The van der Waals surface area contributed by atoms with Crippen LogP contribution >= 0.6 is 0 Å². The van der Waals surface area contributed by atoms with Crippen molar-refractivity contribution >= 4 is 11.9 Å². The van der Waals surface area contributed by atoms with E-state index in [1.165, 1.54) is 0 Å². The van der Waals surface area contributed by atoms with Gasteiger partial charge in [0, 0.05) is 51.2 Å². The Labute approximate surface area is 156 Å². The molecular formula is C19H31N5O2. The third kappa shape index (κ3) is 4.92. The molecule has 1 amide bonds. The van der Waals surface area contributed by atoms with Gasteiger partial charge in [0.15, 0.2) is 0 Å². The van der Waals surface area contributed by atoms with Crippen molar-refractivity contribution in [2.45, 2.75) is 38.6 Å². The quantitative estimate of drug-likeness (QED) is 0.769. The van der Waals surface area contributed by atoms with Gasteiger partial charge in [-0.25, -0.2) is 9.97 Å². The molecule has 26 heavy (non-hydrogen) atoms. The van der Waals surface area contributed by atoms with E-state index < -0.39 is 0 Å². The highest BCUT2D eigenvalue weighted by atomic mass is 16.5. The largest absolute Gasteiger partial charge is 0.383 e. The van der Waals surface area contributed by atoms with Crippen LogP contribution in [0.2, 0.25) is 0 Å². The van der Waals surface area contributed by atoms with Gasteiger partial charge in [0.2, 0.25) is 11.9 Å². The number of hydrogen-bond acceptors (Lipinski definition) is 6. The number of ether oxygens (including phenoxy) is 1. The number of carbonyl (C=O) groups excluding carboxylic acids is 1. The summed E-state index contributed by atoms with van der Waals surface area (Å²) in [5.41, 5.74) is 1.01. The highest BCUT2D eigenvalue weighted by Gasteiger charge is 2.31. The first-order chi connectivity index (χ1) is 12.7. The molecule has 2 aliphatic rings. The van der Waals surface area contributed by atoms with Crippen LogP contribution in [0, 0.1) is 12.8 Å². The monoisotopic (exact) mass is 361 g/mol. The maximum Gasteiger partial charge on any atom is 0.225 e. The number of likely N-dealkylation sites (tertiary alicyclic amines) is 1. The first kappa shape index (κ1) is 19.0. The van der Waals surface area contributed by atoms with Crippen LogP contribution in [0.3, 0.4) is 0 Å². The first-order valence-corrected chi connectivity index (χ1v) is 9.72. The Hall–Kier alpha value is -1.73. The molecule has 144 valence electrons. The maximum atomic E-state index is 12.4. The van der Waals surface area contributed by atoms with Crippen molar-refractivity contribution in [2.24, 2.45) is 5.92 Å². The summed E-state index contributed by atoms with van der Waals surface area (Å²) in [6.07, 6.45) is 6.14. The lowest BCUT2D eigenvalue weighted by molar-refractivity contribution is -0.127. The molecular weight excluding hydrogens is 330 g/mol. The SMILES string of the molecule is COCCNC(=O)C1CCCN(C2CCN(c3nccc(C)n3)CC2)C1. The van der Waals surface area contributed by atoms with Gasteiger partial charge in [-0.1, -0.05) is 0 Å². The van der Waals surface area contributed by atoms with Crippen LogP contribution in [0.15, 0.2) is 12.3 Å². The zero-order valence-corrected chi connectivity index (χ0v) is 16.0. The summed E-state index contributed by atoms with van der Waals surface area (Å²) in [6.45, 7) is 7.12. The summed E-state index contributed by atoms with van der Waals surface area (Å²) >= 11 is 0. The molecule has 1 unspecified atom stereocenters. The molecule has 0 bridgehead atoms. The Morgan fingerprint density at radius 2 is 2.12 bits per heavy atom. The Bertz CT molecular complexity index is 589. The minimum absolute atomic E-state index is 0.110. The Morgan fingerprint density at radius 3 is 2.85 bits per heavy atom. The number of nitrogens with zero attached hydrogens (tertiary/aromatic N) is 4. The van der Waals surface area contributed by atoms with Crippen molar-refractivity contribution in [3.63, 3.8) is 0 Å². The smallest absolute Gasteiger partial charge is 0.225 e. The fourth-order valence-electron chi connectivity index (χ4n) is 3.99. The number of aromatic nitrogens is 2. The molecule has 1 aromatic heterocycles. The number of aryl methyl sites for hydroxylation is 1. The lowest BCUT2D eigenvalue weighted by Crippen LogP contribution is -2.51. The number of amides is 1. The van der Waals surface area contributed by atoms with E-state index in [-0.39, 0.29) is 11.8 Å². The molecule has 3 rings (SSSR count). The van der Waals surface area contributed by atoms with Crippen LogP contribution in [-0.2, 0) is 9.53 Å². The molecule has 0 radical (unpaired) electrons. The summed E-state index contributed by atoms with van der Waals surface area (Å²) < 4.78 is 5.01. The average Bonchev–Trinajstić information content (AvgIpc) is 2.68. The molecule has 7 nitrogen and oxygen atoms in total. The molecule has 3 heterocycles. The average molecular weight is 361 g/mol. The first-order valence-electron chi connectivity index (χ1n) is 9.72. The maximum absolute atomic E-state index is 12.4. The van der Waals surface area contributed by atoms with Crippen LogP contribution in [0.5, 0.6) is 0 Å². The summed E-state index contributed by atoms with van der Waals surface area (Å²) in [6, 6.07) is 2.49. The fraction of sp³-hybridized carbons (Fsp3) is 0.737. The van der Waals surface area contributed by atoms with Crippen molar-refractivity contribution in [1.29, 1.82) is 0 Å². The molecule has 7 heteroatoms. The molecule has 2 fully saturated rings. The minimum Gasteiger partial charge on any atom is -0.383 e. The summed E-state index contributed by atoms with van der Waals surface area (Å²) in [5, 5.41) is 3.00. The predicted octanol–water partition coefficient (Wildman–Crippen LogP) is 1.23. The zero-order valence-electron chi connectivity index (χ0n) is 16.0. The Kier molecular flexibility index (Phi) is 6.80. The van der Waals surface area contributed by atoms with Gasteiger partial charge in [0.25, 0.3) is 0 Å². The van der Waals surface area contributed by atoms with Gasteiger partial charge in [-0.15, -0.1) is 0 Å². The topological polar surface area (TPSA) is 70.6 Å². The molecule has 0 aliphatic carbocycles. The third-order valence-electron chi connectivity index (χ3n) is 5.47. The lowest BCUT2D eigenvalue weighted by Gasteiger charge is -2.42. The molecule has 1 atom stereocenters. The van der Waals surface area contributed by atoms with Crippen LogP contribution < -0.4 is 10.2 Å². The van der Waals surface area contributed by atoms with Gasteiger partial charge in [-0.3, -0.25) is 9.69 Å². The highest BCUT2D eigenvalue weighted by Crippen LogP contribution is 2.25. The normalized spacial score (nSPS) is 22.4. The summed E-state index contributed by atoms with van der Waals surface area (Å²) in [7, 11) is 1.66. The highest BCUT2D eigenvalue weighted by molar-refractivity contribution is 5.78. The van der Waals surface area contributed by atoms with E-state index in [0.717, 1.165) is 63.5 Å². The molecule has 2 aliphatic heterocycles. The van der Waals surface area contributed by atoms with Gasteiger partial charge < -0.3 is 15.0 Å². The second-order valence-corrected chi connectivity index (χ2v) is 7.33. The number of carbonyl (C=O) groups is 1. The van der Waals surface area contributed by atoms with E-state index in [0.29, 0.717) is 19.2 Å². The number of anilines is 1. The van der Waals surface area contributed by atoms with E-state index in [1.54, 1.807) is 7.11 Å². The van der Waals surface area contributed by atoms with Crippen molar-refractivity contribution < 1.29 is 9.53 Å². The summed E-state index contributed by atoms with van der Waals surface area (Å²) in [5.74, 6) is 1.13. The Morgan fingerprint density at radius 1 is 1.31 bits per heavy atom. The van der Waals surface area contributed by atoms with E-state index in [1.807, 2.05) is 19.2 Å². The van der Waals surface area contributed by atoms with E-state index >= 15 is 0 Å². The number of piperidine rings is 2. The van der Waals surface area contributed by atoms with Crippen molar-refractivity contribution in [1.82, 2.24) is 20.2 Å². The lowest BCUT2D eigenvalue weighted by atomic mass is 9.93. The second kappa shape index (κ2) is 9.28. The van der Waals surface area contributed by atoms with Crippen molar-refractivity contribution in [3.05, 3.63) is 18.0 Å². The number of rotatable bonds is 6.